The minimum Gasteiger partial charge on any atom is -0.353 e. The quantitative estimate of drug-likeness (QED) is 0.676. The van der Waals surface area contributed by atoms with Crippen LogP contribution in [0.5, 0.6) is 0 Å². The zero-order valence-corrected chi connectivity index (χ0v) is 15.8. The highest BCUT2D eigenvalue weighted by atomic mass is 32.2. The summed E-state index contributed by atoms with van der Waals surface area (Å²) in [5.74, 6) is 0.400. The number of nitrogens with zero attached hydrogens (tertiary/aromatic N) is 1. The van der Waals surface area contributed by atoms with Gasteiger partial charge in [0.25, 0.3) is 0 Å². The van der Waals surface area contributed by atoms with Gasteiger partial charge in [-0.25, -0.2) is 8.42 Å². The van der Waals surface area contributed by atoms with Crippen molar-refractivity contribution in [3.05, 3.63) is 0 Å². The van der Waals surface area contributed by atoms with Gasteiger partial charge in [0.05, 0.1) is 11.8 Å². The molecule has 136 valence electrons. The maximum atomic E-state index is 12.1. The first-order valence-corrected chi connectivity index (χ1v) is 10.6. The van der Waals surface area contributed by atoms with Crippen molar-refractivity contribution >= 4 is 15.7 Å². The van der Waals surface area contributed by atoms with Gasteiger partial charge in [0.2, 0.25) is 5.91 Å². The molecule has 1 rings (SSSR count). The van der Waals surface area contributed by atoms with E-state index in [0.717, 1.165) is 25.3 Å². The van der Waals surface area contributed by atoms with Gasteiger partial charge in [0.1, 0.15) is 9.84 Å². The summed E-state index contributed by atoms with van der Waals surface area (Å²) in [5.41, 5.74) is 5.66. The molecule has 1 fully saturated rings. The Balaban J connectivity index is 2.46. The molecule has 2 unspecified atom stereocenters. The first-order valence-electron chi connectivity index (χ1n) is 8.51. The zero-order valence-electron chi connectivity index (χ0n) is 15.0. The van der Waals surface area contributed by atoms with Crippen molar-refractivity contribution in [2.24, 2.45) is 11.7 Å². The Morgan fingerprint density at radius 2 is 2.09 bits per heavy atom. The van der Waals surface area contributed by atoms with Crippen molar-refractivity contribution in [1.29, 1.82) is 0 Å². The van der Waals surface area contributed by atoms with Crippen LogP contribution < -0.4 is 11.1 Å². The summed E-state index contributed by atoms with van der Waals surface area (Å²) in [6.07, 6.45) is 4.98. The number of nitrogens with two attached hydrogens (primary N) is 1. The van der Waals surface area contributed by atoms with Crippen LogP contribution in [0.2, 0.25) is 0 Å². The smallest absolute Gasteiger partial charge is 0.237 e. The van der Waals surface area contributed by atoms with Crippen LogP contribution in [-0.4, -0.2) is 62.4 Å². The number of nitrogens with one attached hydrogen (secondary N) is 1. The Morgan fingerprint density at radius 3 is 2.65 bits per heavy atom. The van der Waals surface area contributed by atoms with Gasteiger partial charge in [-0.2, -0.15) is 0 Å². The second-order valence-corrected chi connectivity index (χ2v) is 9.68. The summed E-state index contributed by atoms with van der Waals surface area (Å²) in [5, 5.41) is 2.89. The summed E-state index contributed by atoms with van der Waals surface area (Å²) in [4.78, 5) is 14.5. The highest BCUT2D eigenvalue weighted by molar-refractivity contribution is 7.90. The first-order chi connectivity index (χ1) is 10.5. The molecule has 2 atom stereocenters. The maximum absolute atomic E-state index is 12.1. The molecule has 0 aliphatic carbocycles. The number of sulfone groups is 1. The molecule has 0 aromatic carbocycles. The van der Waals surface area contributed by atoms with Crippen molar-refractivity contribution in [2.45, 2.75) is 58.0 Å². The van der Waals surface area contributed by atoms with Gasteiger partial charge < -0.3 is 11.1 Å². The van der Waals surface area contributed by atoms with Crippen LogP contribution in [0.1, 0.15) is 46.5 Å². The summed E-state index contributed by atoms with van der Waals surface area (Å²) in [6, 6.07) is -0.773. The number of carbonyl (C=O) groups excluding carboxylic acids is 1. The lowest BCUT2D eigenvalue weighted by molar-refractivity contribution is -0.123. The Morgan fingerprint density at radius 1 is 1.43 bits per heavy atom. The van der Waals surface area contributed by atoms with E-state index in [9.17, 15) is 13.2 Å². The molecular formula is C16H33N3O3S. The highest BCUT2D eigenvalue weighted by Crippen LogP contribution is 2.25. The number of hydrogen-bond donors (Lipinski definition) is 2. The van der Waals surface area contributed by atoms with E-state index in [1.165, 1.54) is 19.3 Å². The zero-order chi connectivity index (χ0) is 17.7. The number of carbonyl (C=O) groups is 1. The number of likely N-dealkylation sites (tertiary alicyclic amines) is 1. The van der Waals surface area contributed by atoms with E-state index < -0.39 is 15.9 Å². The third-order valence-electron chi connectivity index (χ3n) is 4.78. The third kappa shape index (κ3) is 7.18. The number of rotatable bonds is 8. The molecule has 1 heterocycles. The summed E-state index contributed by atoms with van der Waals surface area (Å²) < 4.78 is 22.3. The van der Waals surface area contributed by atoms with Crippen molar-refractivity contribution in [1.82, 2.24) is 10.2 Å². The van der Waals surface area contributed by atoms with Crippen molar-refractivity contribution < 1.29 is 13.2 Å². The summed E-state index contributed by atoms with van der Waals surface area (Å²) in [7, 11) is -3.09. The lowest BCUT2D eigenvalue weighted by Crippen LogP contribution is -2.56. The Hall–Kier alpha value is -0.660. The molecule has 0 aromatic heterocycles. The van der Waals surface area contributed by atoms with Crippen molar-refractivity contribution in [2.75, 3.05) is 31.6 Å². The van der Waals surface area contributed by atoms with Crippen LogP contribution >= 0.6 is 0 Å². The van der Waals surface area contributed by atoms with Crippen LogP contribution in [-0.2, 0) is 14.6 Å². The third-order valence-corrected chi connectivity index (χ3v) is 5.76. The van der Waals surface area contributed by atoms with Gasteiger partial charge in [-0.15, -0.1) is 0 Å². The number of piperidine rings is 1. The number of hydrogen-bond acceptors (Lipinski definition) is 5. The van der Waals surface area contributed by atoms with Gasteiger partial charge in [0.15, 0.2) is 0 Å². The molecule has 0 saturated carbocycles. The second kappa shape index (κ2) is 8.44. The molecule has 1 amide bonds. The van der Waals surface area contributed by atoms with Crippen LogP contribution in [0.3, 0.4) is 0 Å². The average Bonchev–Trinajstić information content (AvgIpc) is 2.49. The molecule has 7 heteroatoms. The second-order valence-electron chi connectivity index (χ2n) is 7.42. The predicted octanol–water partition coefficient (Wildman–Crippen LogP) is 0.765. The maximum Gasteiger partial charge on any atom is 0.237 e. The summed E-state index contributed by atoms with van der Waals surface area (Å²) in [6.45, 7) is 9.14. The Bertz CT molecular complexity index is 491. The van der Waals surface area contributed by atoms with Gasteiger partial charge in [-0.1, -0.05) is 13.3 Å². The molecule has 0 aromatic rings. The monoisotopic (exact) mass is 347 g/mol. The number of amides is 1. The topological polar surface area (TPSA) is 92.5 Å². The fourth-order valence-electron chi connectivity index (χ4n) is 2.97. The largest absolute Gasteiger partial charge is 0.353 e. The van der Waals surface area contributed by atoms with Crippen LogP contribution in [0.4, 0.5) is 0 Å². The van der Waals surface area contributed by atoms with Crippen LogP contribution in [0.15, 0.2) is 0 Å². The minimum atomic E-state index is -3.09. The van der Waals surface area contributed by atoms with Crippen molar-refractivity contribution in [3.63, 3.8) is 0 Å². The molecule has 1 aliphatic rings. The SMILES string of the molecule is CCC1CCCN(C(C)(C)CNC(=O)C(N)CCS(C)(=O)=O)C1. The van der Waals surface area contributed by atoms with E-state index in [-0.39, 0.29) is 23.6 Å². The van der Waals surface area contributed by atoms with Gasteiger partial charge >= 0.3 is 0 Å². The molecule has 1 aliphatic heterocycles. The van der Waals surface area contributed by atoms with E-state index in [0.29, 0.717) is 6.54 Å². The lowest BCUT2D eigenvalue weighted by Gasteiger charge is -2.43. The fraction of sp³-hybridized carbons (Fsp3) is 0.938. The lowest BCUT2D eigenvalue weighted by atomic mass is 9.91. The standard InChI is InChI=1S/C16H33N3O3S/c1-5-13-7-6-9-19(11-13)16(2,3)12-18-15(20)14(17)8-10-23(4,21)22/h13-14H,5-12,17H2,1-4H3,(H,18,20). The van der Waals surface area contributed by atoms with Crippen LogP contribution in [0, 0.1) is 5.92 Å². The van der Waals surface area contributed by atoms with E-state index in [4.69, 9.17) is 5.73 Å². The first kappa shape index (κ1) is 20.4. The molecule has 6 nitrogen and oxygen atoms in total. The average molecular weight is 348 g/mol. The van der Waals surface area contributed by atoms with Gasteiger partial charge in [0, 0.05) is 24.9 Å². The van der Waals surface area contributed by atoms with Gasteiger partial charge in [-0.05, 0) is 45.6 Å². The molecule has 0 bridgehead atoms. The highest BCUT2D eigenvalue weighted by Gasteiger charge is 2.31. The van der Waals surface area contributed by atoms with E-state index in [2.05, 4.69) is 31.0 Å². The van der Waals surface area contributed by atoms with Crippen molar-refractivity contribution in [3.8, 4) is 0 Å². The van der Waals surface area contributed by atoms with E-state index >= 15 is 0 Å². The van der Waals surface area contributed by atoms with E-state index in [1.54, 1.807) is 0 Å². The fourth-order valence-corrected chi connectivity index (χ4v) is 3.65. The predicted molar refractivity (Wildman–Crippen MR) is 94.0 cm³/mol. The molecular weight excluding hydrogens is 314 g/mol. The summed E-state index contributed by atoms with van der Waals surface area (Å²) >= 11 is 0. The molecule has 3 N–H and O–H groups in total. The minimum absolute atomic E-state index is 0.0602. The molecule has 1 saturated heterocycles. The normalized spacial score (nSPS) is 21.9. The molecule has 0 radical (unpaired) electrons. The van der Waals surface area contributed by atoms with Crippen LogP contribution in [0.25, 0.3) is 0 Å². The Kier molecular flexibility index (Phi) is 7.48. The van der Waals surface area contributed by atoms with Gasteiger partial charge in [-0.3, -0.25) is 9.69 Å². The van der Waals surface area contributed by atoms with E-state index in [1.807, 2.05) is 0 Å². The molecule has 23 heavy (non-hydrogen) atoms. The Labute approximate surface area is 141 Å². The molecule has 0 spiro atoms.